The standard InChI is InChI=1S/C17H24N2/c1-12-8-16(19-11-13-2-6-17(19)9-13)7-3-14(12)10-18-15-4-5-15/h3,7-8,13,15,17-18H,2,4-6,9-11H2,1H3. The van der Waals surface area contributed by atoms with Crippen molar-refractivity contribution in [2.75, 3.05) is 11.4 Å². The van der Waals surface area contributed by atoms with Crippen molar-refractivity contribution in [2.45, 2.75) is 57.7 Å². The van der Waals surface area contributed by atoms with Crippen LogP contribution in [0, 0.1) is 12.8 Å². The van der Waals surface area contributed by atoms with Crippen molar-refractivity contribution in [3.05, 3.63) is 29.3 Å². The van der Waals surface area contributed by atoms with Gasteiger partial charge in [-0.3, -0.25) is 0 Å². The van der Waals surface area contributed by atoms with E-state index >= 15 is 0 Å². The van der Waals surface area contributed by atoms with Crippen LogP contribution >= 0.6 is 0 Å². The van der Waals surface area contributed by atoms with Gasteiger partial charge in [-0.1, -0.05) is 6.07 Å². The molecule has 1 N–H and O–H groups in total. The first-order valence-electron chi connectivity index (χ1n) is 7.89. The monoisotopic (exact) mass is 256 g/mol. The maximum atomic E-state index is 3.62. The smallest absolute Gasteiger partial charge is 0.0371 e. The molecule has 2 aliphatic carbocycles. The molecule has 1 aromatic carbocycles. The van der Waals surface area contributed by atoms with Gasteiger partial charge in [0.15, 0.2) is 0 Å². The minimum atomic E-state index is 0.799. The normalized spacial score (nSPS) is 29.2. The zero-order valence-electron chi connectivity index (χ0n) is 11.9. The number of piperidine rings is 1. The van der Waals surface area contributed by atoms with Crippen molar-refractivity contribution in [3.63, 3.8) is 0 Å². The van der Waals surface area contributed by atoms with Gasteiger partial charge in [-0.25, -0.2) is 0 Å². The van der Waals surface area contributed by atoms with Crippen LogP contribution in [0.1, 0.15) is 43.2 Å². The topological polar surface area (TPSA) is 15.3 Å². The molecule has 2 atom stereocenters. The van der Waals surface area contributed by atoms with E-state index in [-0.39, 0.29) is 0 Å². The number of aryl methyl sites for hydroxylation is 1. The molecule has 3 aliphatic rings. The molecule has 0 amide bonds. The fourth-order valence-electron chi connectivity index (χ4n) is 3.84. The zero-order valence-corrected chi connectivity index (χ0v) is 11.9. The van der Waals surface area contributed by atoms with Gasteiger partial charge in [0.25, 0.3) is 0 Å². The second-order valence-electron chi connectivity index (χ2n) is 6.75. The molecule has 3 fully saturated rings. The van der Waals surface area contributed by atoms with Crippen molar-refractivity contribution >= 4 is 5.69 Å². The van der Waals surface area contributed by atoms with E-state index in [0.29, 0.717) is 0 Å². The summed E-state index contributed by atoms with van der Waals surface area (Å²) >= 11 is 0. The van der Waals surface area contributed by atoms with E-state index in [2.05, 4.69) is 35.3 Å². The third-order valence-corrected chi connectivity index (χ3v) is 5.23. The Morgan fingerprint density at radius 1 is 1.21 bits per heavy atom. The van der Waals surface area contributed by atoms with E-state index in [0.717, 1.165) is 24.5 Å². The molecule has 1 heterocycles. The third kappa shape index (κ3) is 2.27. The van der Waals surface area contributed by atoms with Crippen LogP contribution in [0.25, 0.3) is 0 Å². The second kappa shape index (κ2) is 4.52. The van der Waals surface area contributed by atoms with Crippen LogP contribution in [0.5, 0.6) is 0 Å². The molecule has 2 saturated carbocycles. The highest BCUT2D eigenvalue weighted by atomic mass is 15.2. The predicted octanol–water partition coefficient (Wildman–Crippen LogP) is 3.24. The second-order valence-corrected chi connectivity index (χ2v) is 6.75. The Hall–Kier alpha value is -1.02. The molecule has 4 rings (SSSR count). The SMILES string of the molecule is Cc1cc(N2CC3CCC2C3)ccc1CNC1CC1. The van der Waals surface area contributed by atoms with Gasteiger partial charge in [0, 0.05) is 30.9 Å². The summed E-state index contributed by atoms with van der Waals surface area (Å²) in [6.45, 7) is 4.61. The zero-order chi connectivity index (χ0) is 12.8. The third-order valence-electron chi connectivity index (χ3n) is 5.23. The summed E-state index contributed by atoms with van der Waals surface area (Å²) in [4.78, 5) is 2.65. The summed E-state index contributed by atoms with van der Waals surface area (Å²) in [6.07, 6.45) is 7.05. The average Bonchev–Trinajstić information content (AvgIpc) is 3.00. The molecule has 1 aromatic rings. The summed E-state index contributed by atoms with van der Waals surface area (Å²) in [5, 5.41) is 3.62. The Balaban J connectivity index is 1.49. The first kappa shape index (κ1) is 11.8. The van der Waals surface area contributed by atoms with E-state index in [1.54, 1.807) is 0 Å². The van der Waals surface area contributed by atoms with Crippen molar-refractivity contribution in [1.29, 1.82) is 0 Å². The van der Waals surface area contributed by atoms with Crippen molar-refractivity contribution in [1.82, 2.24) is 5.32 Å². The lowest BCUT2D eigenvalue weighted by Gasteiger charge is -2.29. The number of benzene rings is 1. The van der Waals surface area contributed by atoms with Crippen LogP contribution in [0.3, 0.4) is 0 Å². The number of anilines is 1. The number of nitrogens with one attached hydrogen (secondary N) is 1. The molecule has 102 valence electrons. The quantitative estimate of drug-likeness (QED) is 0.889. The minimum absolute atomic E-state index is 0.799. The number of fused-ring (bicyclic) bond motifs is 2. The predicted molar refractivity (Wildman–Crippen MR) is 79.5 cm³/mol. The summed E-state index contributed by atoms with van der Waals surface area (Å²) in [5.41, 5.74) is 4.38. The molecule has 2 unspecified atom stereocenters. The first-order chi connectivity index (χ1) is 9.29. The summed E-state index contributed by atoms with van der Waals surface area (Å²) in [6, 6.07) is 8.72. The van der Waals surface area contributed by atoms with Crippen LogP contribution in [-0.4, -0.2) is 18.6 Å². The minimum Gasteiger partial charge on any atom is -0.368 e. The fraction of sp³-hybridized carbons (Fsp3) is 0.647. The highest BCUT2D eigenvalue weighted by Gasteiger charge is 2.37. The Bertz CT molecular complexity index is 478. The van der Waals surface area contributed by atoms with Crippen LogP contribution in [0.4, 0.5) is 5.69 Å². The number of hydrogen-bond donors (Lipinski definition) is 1. The summed E-state index contributed by atoms with van der Waals surface area (Å²) < 4.78 is 0. The molecule has 2 heteroatoms. The van der Waals surface area contributed by atoms with Crippen LogP contribution in [0.2, 0.25) is 0 Å². The molecule has 0 spiro atoms. The number of rotatable bonds is 4. The Morgan fingerprint density at radius 2 is 2.11 bits per heavy atom. The molecular formula is C17H24N2. The van der Waals surface area contributed by atoms with E-state index in [9.17, 15) is 0 Å². The molecule has 1 saturated heterocycles. The highest BCUT2D eigenvalue weighted by molar-refractivity contribution is 5.53. The fourth-order valence-corrected chi connectivity index (χ4v) is 3.84. The van der Waals surface area contributed by atoms with Gasteiger partial charge in [-0.05, 0) is 68.2 Å². The van der Waals surface area contributed by atoms with Gasteiger partial charge in [0.05, 0.1) is 0 Å². The van der Waals surface area contributed by atoms with Gasteiger partial charge in [0.2, 0.25) is 0 Å². The van der Waals surface area contributed by atoms with Gasteiger partial charge in [-0.2, -0.15) is 0 Å². The Morgan fingerprint density at radius 3 is 2.74 bits per heavy atom. The molecular weight excluding hydrogens is 232 g/mol. The van der Waals surface area contributed by atoms with Crippen molar-refractivity contribution < 1.29 is 0 Å². The van der Waals surface area contributed by atoms with Crippen molar-refractivity contribution in [3.8, 4) is 0 Å². The Labute approximate surface area is 116 Å². The lowest BCUT2D eigenvalue weighted by atomic mass is 10.1. The van der Waals surface area contributed by atoms with Crippen molar-refractivity contribution in [2.24, 2.45) is 5.92 Å². The molecule has 2 nitrogen and oxygen atoms in total. The van der Waals surface area contributed by atoms with Gasteiger partial charge in [0.1, 0.15) is 0 Å². The largest absolute Gasteiger partial charge is 0.368 e. The highest BCUT2D eigenvalue weighted by Crippen LogP contribution is 2.40. The average molecular weight is 256 g/mol. The number of hydrogen-bond acceptors (Lipinski definition) is 2. The Kier molecular flexibility index (Phi) is 2.80. The van der Waals surface area contributed by atoms with Gasteiger partial charge >= 0.3 is 0 Å². The lowest BCUT2D eigenvalue weighted by Crippen LogP contribution is -2.31. The first-order valence-corrected chi connectivity index (χ1v) is 7.89. The van der Waals surface area contributed by atoms with Gasteiger partial charge < -0.3 is 10.2 Å². The maximum absolute atomic E-state index is 3.62. The van der Waals surface area contributed by atoms with E-state index in [1.807, 2.05) is 0 Å². The van der Waals surface area contributed by atoms with Crippen LogP contribution < -0.4 is 10.2 Å². The summed E-state index contributed by atoms with van der Waals surface area (Å²) in [5.74, 6) is 0.974. The molecule has 0 aromatic heterocycles. The van der Waals surface area contributed by atoms with E-state index < -0.39 is 0 Å². The molecule has 1 aliphatic heterocycles. The lowest BCUT2D eigenvalue weighted by molar-refractivity contribution is 0.553. The molecule has 0 radical (unpaired) electrons. The van der Waals surface area contributed by atoms with Gasteiger partial charge in [-0.15, -0.1) is 0 Å². The molecule has 19 heavy (non-hydrogen) atoms. The van der Waals surface area contributed by atoms with E-state index in [1.165, 1.54) is 55.5 Å². The van der Waals surface area contributed by atoms with Crippen LogP contribution in [0.15, 0.2) is 18.2 Å². The van der Waals surface area contributed by atoms with E-state index in [4.69, 9.17) is 0 Å². The van der Waals surface area contributed by atoms with Crippen LogP contribution in [-0.2, 0) is 6.54 Å². The molecule has 2 bridgehead atoms. The maximum Gasteiger partial charge on any atom is 0.0371 e. The summed E-state index contributed by atoms with van der Waals surface area (Å²) in [7, 11) is 0. The number of nitrogens with zero attached hydrogens (tertiary/aromatic N) is 1.